The Morgan fingerprint density at radius 3 is 2.84 bits per heavy atom. The summed E-state index contributed by atoms with van der Waals surface area (Å²) < 4.78 is 7.08. The molecule has 1 fully saturated rings. The third kappa shape index (κ3) is 2.59. The Hall–Kier alpha value is -1.92. The summed E-state index contributed by atoms with van der Waals surface area (Å²) in [4.78, 5) is 17.2. The van der Waals surface area contributed by atoms with Crippen LogP contribution in [0.2, 0.25) is 0 Å². The Balaban J connectivity index is 1.82. The predicted molar refractivity (Wildman–Crippen MR) is 68.2 cm³/mol. The molecule has 1 N–H and O–H groups in total. The van der Waals surface area contributed by atoms with Crippen molar-refractivity contribution in [3.63, 3.8) is 0 Å². The Bertz CT molecular complexity index is 602. The summed E-state index contributed by atoms with van der Waals surface area (Å²) in [6.07, 6.45) is 3.48. The average molecular weight is 261 g/mol. The van der Waals surface area contributed by atoms with Crippen molar-refractivity contribution in [3.05, 3.63) is 35.8 Å². The fourth-order valence-corrected chi connectivity index (χ4v) is 2.25. The molecule has 0 aromatic carbocycles. The van der Waals surface area contributed by atoms with Gasteiger partial charge in [-0.05, 0) is 11.6 Å². The number of ether oxygens (including phenoxy) is 1. The molecule has 0 atom stereocenters. The molecule has 1 aliphatic heterocycles. The van der Waals surface area contributed by atoms with Crippen LogP contribution in [-0.4, -0.2) is 51.7 Å². The summed E-state index contributed by atoms with van der Waals surface area (Å²) in [5.74, 6) is -1.00. The first-order valence-corrected chi connectivity index (χ1v) is 6.23. The van der Waals surface area contributed by atoms with E-state index >= 15 is 0 Å². The lowest BCUT2D eigenvalue weighted by Crippen LogP contribution is -2.35. The summed E-state index contributed by atoms with van der Waals surface area (Å²) in [5.41, 5.74) is 1.87. The first kappa shape index (κ1) is 12.1. The second-order valence-corrected chi connectivity index (χ2v) is 4.62. The van der Waals surface area contributed by atoms with Crippen LogP contribution in [-0.2, 0) is 11.3 Å². The number of imidazole rings is 1. The molecule has 2 aromatic rings. The molecule has 100 valence electrons. The van der Waals surface area contributed by atoms with Crippen molar-refractivity contribution >= 4 is 11.6 Å². The number of pyridine rings is 1. The molecule has 6 nitrogen and oxygen atoms in total. The van der Waals surface area contributed by atoms with E-state index in [1.54, 1.807) is 10.6 Å². The van der Waals surface area contributed by atoms with Crippen LogP contribution in [0.1, 0.15) is 16.1 Å². The number of morpholine rings is 1. The number of fused-ring (bicyclic) bond motifs is 1. The minimum atomic E-state index is -1.00. The van der Waals surface area contributed by atoms with E-state index in [1.165, 1.54) is 0 Å². The summed E-state index contributed by atoms with van der Waals surface area (Å²) in [6, 6.07) is 3.84. The lowest BCUT2D eigenvalue weighted by atomic mass is 10.2. The lowest BCUT2D eigenvalue weighted by molar-refractivity contribution is 0.0341. The molecular formula is C13H15N3O3. The maximum atomic E-state index is 10.9. The highest BCUT2D eigenvalue weighted by atomic mass is 16.5. The van der Waals surface area contributed by atoms with Crippen molar-refractivity contribution in [1.29, 1.82) is 0 Å². The number of hydrogen-bond donors (Lipinski definition) is 1. The highest BCUT2D eigenvalue weighted by Gasteiger charge is 2.12. The number of aromatic carboxylic acids is 1. The first-order valence-electron chi connectivity index (χ1n) is 6.23. The fraction of sp³-hybridized carbons (Fsp3) is 0.385. The number of carboxylic acid groups (broad SMARTS) is 1. The Labute approximate surface area is 110 Å². The van der Waals surface area contributed by atoms with E-state index in [1.807, 2.05) is 18.3 Å². The summed E-state index contributed by atoms with van der Waals surface area (Å²) in [5, 5.41) is 8.92. The normalized spacial score (nSPS) is 16.8. The van der Waals surface area contributed by atoms with Gasteiger partial charge in [0.15, 0.2) is 5.69 Å². The molecule has 3 heterocycles. The topological polar surface area (TPSA) is 67.1 Å². The van der Waals surface area contributed by atoms with E-state index in [-0.39, 0.29) is 5.69 Å². The number of carboxylic acids is 1. The van der Waals surface area contributed by atoms with Crippen LogP contribution in [0.3, 0.4) is 0 Å². The maximum absolute atomic E-state index is 10.9. The molecule has 0 radical (unpaired) electrons. The van der Waals surface area contributed by atoms with Gasteiger partial charge in [0.05, 0.1) is 13.2 Å². The smallest absolute Gasteiger partial charge is 0.356 e. The van der Waals surface area contributed by atoms with Crippen molar-refractivity contribution in [2.75, 3.05) is 26.3 Å². The van der Waals surface area contributed by atoms with Gasteiger partial charge in [0.2, 0.25) is 0 Å². The van der Waals surface area contributed by atoms with Gasteiger partial charge in [0.25, 0.3) is 0 Å². The van der Waals surface area contributed by atoms with Gasteiger partial charge in [-0.2, -0.15) is 0 Å². The van der Waals surface area contributed by atoms with Gasteiger partial charge in [-0.15, -0.1) is 0 Å². The quantitative estimate of drug-likeness (QED) is 0.887. The van der Waals surface area contributed by atoms with Gasteiger partial charge in [0, 0.05) is 32.0 Å². The van der Waals surface area contributed by atoms with Gasteiger partial charge in [-0.3, -0.25) is 4.90 Å². The molecule has 0 bridgehead atoms. The highest BCUT2D eigenvalue weighted by molar-refractivity contribution is 5.86. The predicted octanol–water partition coefficient (Wildman–Crippen LogP) is 0.865. The molecule has 0 amide bonds. The van der Waals surface area contributed by atoms with Gasteiger partial charge in [0.1, 0.15) is 5.65 Å². The van der Waals surface area contributed by atoms with E-state index in [4.69, 9.17) is 9.84 Å². The fourth-order valence-electron chi connectivity index (χ4n) is 2.25. The molecule has 2 aromatic heterocycles. The molecule has 0 spiro atoms. The summed E-state index contributed by atoms with van der Waals surface area (Å²) in [7, 11) is 0. The number of carbonyl (C=O) groups is 1. The molecular weight excluding hydrogens is 246 g/mol. The van der Waals surface area contributed by atoms with Crippen molar-refractivity contribution in [3.8, 4) is 0 Å². The monoisotopic (exact) mass is 261 g/mol. The minimum absolute atomic E-state index is 0.0727. The Morgan fingerprint density at radius 2 is 2.11 bits per heavy atom. The van der Waals surface area contributed by atoms with E-state index in [0.29, 0.717) is 5.65 Å². The largest absolute Gasteiger partial charge is 0.476 e. The molecule has 0 unspecified atom stereocenters. The zero-order chi connectivity index (χ0) is 13.2. The number of nitrogens with zero attached hydrogens (tertiary/aromatic N) is 3. The van der Waals surface area contributed by atoms with Crippen molar-refractivity contribution in [2.24, 2.45) is 0 Å². The molecule has 19 heavy (non-hydrogen) atoms. The van der Waals surface area contributed by atoms with Crippen LogP contribution in [0.5, 0.6) is 0 Å². The second kappa shape index (κ2) is 4.99. The van der Waals surface area contributed by atoms with Crippen LogP contribution < -0.4 is 0 Å². The van der Waals surface area contributed by atoms with Crippen molar-refractivity contribution < 1.29 is 14.6 Å². The average Bonchev–Trinajstić information content (AvgIpc) is 2.83. The van der Waals surface area contributed by atoms with Gasteiger partial charge >= 0.3 is 5.97 Å². The Morgan fingerprint density at radius 1 is 1.32 bits per heavy atom. The number of rotatable bonds is 3. The maximum Gasteiger partial charge on any atom is 0.356 e. The number of hydrogen-bond acceptors (Lipinski definition) is 4. The molecule has 1 aliphatic rings. The van der Waals surface area contributed by atoms with Crippen LogP contribution in [0.25, 0.3) is 5.65 Å². The van der Waals surface area contributed by atoms with Crippen LogP contribution in [0.15, 0.2) is 24.5 Å². The third-order valence-corrected chi connectivity index (χ3v) is 3.24. The van der Waals surface area contributed by atoms with Crippen LogP contribution in [0.4, 0.5) is 0 Å². The van der Waals surface area contributed by atoms with Gasteiger partial charge in [-0.1, -0.05) is 6.07 Å². The van der Waals surface area contributed by atoms with Gasteiger partial charge in [-0.25, -0.2) is 9.78 Å². The lowest BCUT2D eigenvalue weighted by Gasteiger charge is -2.26. The van der Waals surface area contributed by atoms with Crippen molar-refractivity contribution in [2.45, 2.75) is 6.54 Å². The summed E-state index contributed by atoms with van der Waals surface area (Å²) >= 11 is 0. The Kier molecular flexibility index (Phi) is 3.18. The third-order valence-electron chi connectivity index (χ3n) is 3.24. The standard InChI is InChI=1S/C13H15N3O3/c17-13(18)11-9-16-8-10(1-2-12(16)14-11)7-15-3-5-19-6-4-15/h1-2,8-9H,3-7H2,(H,17,18). The SMILES string of the molecule is O=C(O)c1cn2cc(CN3CCOCC3)ccc2n1. The number of aromatic nitrogens is 2. The summed E-state index contributed by atoms with van der Waals surface area (Å²) in [6.45, 7) is 4.26. The minimum Gasteiger partial charge on any atom is -0.476 e. The highest BCUT2D eigenvalue weighted by Crippen LogP contribution is 2.11. The molecule has 0 aliphatic carbocycles. The van der Waals surface area contributed by atoms with E-state index in [9.17, 15) is 4.79 Å². The van der Waals surface area contributed by atoms with E-state index < -0.39 is 5.97 Å². The van der Waals surface area contributed by atoms with Crippen molar-refractivity contribution in [1.82, 2.24) is 14.3 Å². The zero-order valence-corrected chi connectivity index (χ0v) is 10.5. The van der Waals surface area contributed by atoms with E-state index in [0.717, 1.165) is 38.4 Å². The second-order valence-electron chi connectivity index (χ2n) is 4.62. The molecule has 3 rings (SSSR count). The van der Waals surface area contributed by atoms with E-state index in [2.05, 4.69) is 9.88 Å². The molecule has 6 heteroatoms. The first-order chi connectivity index (χ1) is 9.22. The van der Waals surface area contributed by atoms with Crippen LogP contribution >= 0.6 is 0 Å². The van der Waals surface area contributed by atoms with Gasteiger partial charge < -0.3 is 14.2 Å². The molecule has 0 saturated carbocycles. The molecule has 1 saturated heterocycles. The zero-order valence-electron chi connectivity index (χ0n) is 10.5. The van der Waals surface area contributed by atoms with Crippen LogP contribution in [0, 0.1) is 0 Å².